The van der Waals surface area contributed by atoms with Gasteiger partial charge >= 0.3 is 0 Å². The minimum atomic E-state index is -0.989. The fraction of sp³-hybridized carbons (Fsp3) is 0.240. The molecule has 1 heterocycles. The molecule has 1 aromatic heterocycles. The highest BCUT2D eigenvalue weighted by Gasteiger charge is 2.22. The van der Waals surface area contributed by atoms with Gasteiger partial charge < -0.3 is 10.4 Å². The van der Waals surface area contributed by atoms with Gasteiger partial charge in [0, 0.05) is 5.56 Å². The van der Waals surface area contributed by atoms with Crippen LogP contribution in [0.5, 0.6) is 0 Å². The highest BCUT2D eigenvalue weighted by Crippen LogP contribution is 2.34. The molecule has 1 aliphatic rings. The Labute approximate surface area is 184 Å². The lowest BCUT2D eigenvalue weighted by Gasteiger charge is -2.21. The van der Waals surface area contributed by atoms with E-state index in [0.717, 1.165) is 52.2 Å². The van der Waals surface area contributed by atoms with Gasteiger partial charge in [0.1, 0.15) is 5.69 Å². The molecule has 0 bridgehead atoms. The highest BCUT2D eigenvalue weighted by molar-refractivity contribution is 5.93. The van der Waals surface area contributed by atoms with Crippen LogP contribution in [-0.2, 0) is 30.7 Å². The Hall–Kier alpha value is -3.45. The molecule has 4 rings (SSSR count). The molecule has 0 atom stereocenters. The molecule has 0 saturated heterocycles. The summed E-state index contributed by atoms with van der Waals surface area (Å²) in [6.07, 6.45) is 3.15. The molecule has 5 nitrogen and oxygen atoms in total. The lowest BCUT2D eigenvalue weighted by atomic mass is 9.90. The number of carbonyl (C=O) groups is 1. The molecule has 0 fully saturated rings. The van der Waals surface area contributed by atoms with Crippen molar-refractivity contribution in [1.82, 2.24) is 9.97 Å². The Morgan fingerprint density at radius 2 is 1.84 bits per heavy atom. The van der Waals surface area contributed by atoms with Crippen molar-refractivity contribution in [1.29, 1.82) is 0 Å². The van der Waals surface area contributed by atoms with Crippen molar-refractivity contribution < 1.29 is 18.7 Å². The number of allylic oxidation sites excluding steroid dienone is 1. The number of fused-ring (bicyclic) bond motifs is 3. The Balaban J connectivity index is 1.67. The fourth-order valence-electron chi connectivity index (χ4n) is 3.79. The van der Waals surface area contributed by atoms with Gasteiger partial charge in [-0.05, 0) is 61.6 Å². The molecular weight excluding hydrogens is 412 g/mol. The number of anilines is 1. The molecule has 1 aliphatic carbocycles. The number of benzene rings is 2. The molecule has 0 aliphatic heterocycles. The SMILES string of the molecule is CC(C)=Cc1nc2c(nc1NC(=O)Cc1ccc(F)c(F)c1)CCc1cc(CO)ccc1-2. The van der Waals surface area contributed by atoms with E-state index in [0.29, 0.717) is 23.5 Å². The molecule has 0 radical (unpaired) electrons. The second-order valence-corrected chi connectivity index (χ2v) is 8.10. The summed E-state index contributed by atoms with van der Waals surface area (Å²) in [6, 6.07) is 9.20. The largest absolute Gasteiger partial charge is 0.392 e. The number of amides is 1. The third-order valence-corrected chi connectivity index (χ3v) is 5.27. The summed E-state index contributed by atoms with van der Waals surface area (Å²) in [7, 11) is 0. The standard InChI is InChI=1S/C25H23F2N3O2/c1-14(2)9-22-25(30-23(32)12-15-4-7-19(26)20(27)11-15)29-21-8-5-17-10-16(13-31)3-6-18(17)24(21)28-22/h3-4,6-7,9-11,31H,5,8,12-13H2,1-2H3,(H,29,30,32). The third kappa shape index (κ3) is 4.57. The van der Waals surface area contributed by atoms with E-state index in [-0.39, 0.29) is 13.0 Å². The molecule has 32 heavy (non-hydrogen) atoms. The van der Waals surface area contributed by atoms with Crippen LogP contribution < -0.4 is 5.32 Å². The minimum absolute atomic E-state index is 0.0161. The van der Waals surface area contributed by atoms with E-state index in [1.165, 1.54) is 6.07 Å². The second kappa shape index (κ2) is 8.96. The van der Waals surface area contributed by atoms with Gasteiger partial charge in [-0.15, -0.1) is 0 Å². The zero-order valence-electron chi connectivity index (χ0n) is 17.9. The van der Waals surface area contributed by atoms with Gasteiger partial charge in [-0.1, -0.05) is 29.8 Å². The summed E-state index contributed by atoms with van der Waals surface area (Å²) in [5, 5.41) is 12.2. The fourth-order valence-corrected chi connectivity index (χ4v) is 3.79. The quantitative estimate of drug-likeness (QED) is 0.613. The van der Waals surface area contributed by atoms with Crippen molar-refractivity contribution in [2.45, 2.75) is 39.7 Å². The maximum absolute atomic E-state index is 13.5. The van der Waals surface area contributed by atoms with Gasteiger partial charge in [0.05, 0.1) is 24.4 Å². The second-order valence-electron chi connectivity index (χ2n) is 8.10. The van der Waals surface area contributed by atoms with Crippen molar-refractivity contribution >= 4 is 17.8 Å². The predicted molar refractivity (Wildman–Crippen MR) is 119 cm³/mol. The van der Waals surface area contributed by atoms with Crippen LogP contribution in [0.2, 0.25) is 0 Å². The van der Waals surface area contributed by atoms with Gasteiger partial charge in [-0.25, -0.2) is 18.7 Å². The summed E-state index contributed by atoms with van der Waals surface area (Å²) in [6.45, 7) is 3.84. The average Bonchev–Trinajstić information content (AvgIpc) is 2.76. The lowest BCUT2D eigenvalue weighted by Crippen LogP contribution is -2.19. The number of nitrogens with one attached hydrogen (secondary N) is 1. The molecule has 3 aromatic rings. The first-order valence-corrected chi connectivity index (χ1v) is 10.4. The third-order valence-electron chi connectivity index (χ3n) is 5.27. The smallest absolute Gasteiger partial charge is 0.230 e. The summed E-state index contributed by atoms with van der Waals surface area (Å²) in [4.78, 5) is 22.1. The van der Waals surface area contributed by atoms with Crippen LogP contribution in [0.15, 0.2) is 42.0 Å². The highest BCUT2D eigenvalue weighted by atomic mass is 19.2. The first kappa shape index (κ1) is 21.8. The van der Waals surface area contributed by atoms with Crippen molar-refractivity contribution in [2.24, 2.45) is 0 Å². The van der Waals surface area contributed by atoms with Crippen molar-refractivity contribution in [3.8, 4) is 11.3 Å². The van der Waals surface area contributed by atoms with Crippen LogP contribution in [0, 0.1) is 11.6 Å². The lowest BCUT2D eigenvalue weighted by molar-refractivity contribution is -0.115. The molecule has 2 N–H and O–H groups in total. The first-order valence-electron chi connectivity index (χ1n) is 10.4. The molecule has 1 amide bonds. The summed E-state index contributed by atoms with van der Waals surface area (Å²) >= 11 is 0. The number of aliphatic hydroxyl groups is 1. The maximum atomic E-state index is 13.5. The monoisotopic (exact) mass is 435 g/mol. The van der Waals surface area contributed by atoms with Gasteiger partial charge in [-0.3, -0.25) is 4.79 Å². The maximum Gasteiger partial charge on any atom is 0.230 e. The Kier molecular flexibility index (Phi) is 6.10. The molecule has 0 spiro atoms. The van der Waals surface area contributed by atoms with Gasteiger partial charge in [0.2, 0.25) is 5.91 Å². The van der Waals surface area contributed by atoms with Gasteiger partial charge in [0.25, 0.3) is 0 Å². The number of nitrogens with zero attached hydrogens (tertiary/aromatic N) is 2. The number of carbonyl (C=O) groups excluding carboxylic acids is 1. The Morgan fingerprint density at radius 1 is 1.06 bits per heavy atom. The average molecular weight is 435 g/mol. The van der Waals surface area contributed by atoms with Crippen LogP contribution >= 0.6 is 0 Å². The minimum Gasteiger partial charge on any atom is -0.392 e. The predicted octanol–water partition coefficient (Wildman–Crippen LogP) is 4.62. The molecule has 0 unspecified atom stereocenters. The summed E-state index contributed by atoms with van der Waals surface area (Å²) < 4.78 is 26.6. The van der Waals surface area contributed by atoms with Crippen LogP contribution in [0.3, 0.4) is 0 Å². The van der Waals surface area contributed by atoms with E-state index in [1.54, 1.807) is 0 Å². The zero-order valence-corrected chi connectivity index (χ0v) is 17.9. The normalized spacial score (nSPS) is 12.0. The number of aromatic nitrogens is 2. The van der Waals surface area contributed by atoms with E-state index in [2.05, 4.69) is 5.32 Å². The number of aryl methyl sites for hydroxylation is 2. The van der Waals surface area contributed by atoms with Crippen molar-refractivity contribution in [3.05, 3.63) is 81.7 Å². The number of aliphatic hydroxyl groups excluding tert-OH is 1. The van der Waals surface area contributed by atoms with Crippen LogP contribution in [0.25, 0.3) is 17.3 Å². The zero-order chi connectivity index (χ0) is 22.8. The molecule has 164 valence electrons. The van der Waals surface area contributed by atoms with Crippen molar-refractivity contribution in [2.75, 3.05) is 5.32 Å². The number of hydrogen-bond donors (Lipinski definition) is 2. The first-order chi connectivity index (χ1) is 15.3. The molecule has 2 aromatic carbocycles. The number of halogens is 2. The Bertz CT molecular complexity index is 1230. The molecular formula is C25H23F2N3O2. The van der Waals surface area contributed by atoms with Crippen LogP contribution in [-0.4, -0.2) is 21.0 Å². The summed E-state index contributed by atoms with van der Waals surface area (Å²) in [5.74, 6) is -1.99. The summed E-state index contributed by atoms with van der Waals surface area (Å²) in [5.41, 5.74) is 6.36. The van der Waals surface area contributed by atoms with E-state index in [1.807, 2.05) is 38.1 Å². The number of rotatable bonds is 5. The van der Waals surface area contributed by atoms with Crippen LogP contribution in [0.1, 0.15) is 41.9 Å². The van der Waals surface area contributed by atoms with Gasteiger partial charge in [0.15, 0.2) is 17.5 Å². The number of hydrogen-bond acceptors (Lipinski definition) is 4. The van der Waals surface area contributed by atoms with E-state index in [4.69, 9.17) is 9.97 Å². The van der Waals surface area contributed by atoms with E-state index in [9.17, 15) is 18.7 Å². The van der Waals surface area contributed by atoms with Crippen LogP contribution in [0.4, 0.5) is 14.6 Å². The topological polar surface area (TPSA) is 75.1 Å². The Morgan fingerprint density at radius 3 is 2.56 bits per heavy atom. The van der Waals surface area contributed by atoms with Gasteiger partial charge in [-0.2, -0.15) is 0 Å². The van der Waals surface area contributed by atoms with Crippen molar-refractivity contribution in [3.63, 3.8) is 0 Å². The molecule has 7 heteroatoms. The van der Waals surface area contributed by atoms with E-state index >= 15 is 0 Å². The van der Waals surface area contributed by atoms with E-state index < -0.39 is 17.5 Å². The molecule has 0 saturated carbocycles.